The molecule has 1 atom stereocenters. The smallest absolute Gasteiger partial charge is 0.241 e. The lowest BCUT2D eigenvalue weighted by molar-refractivity contribution is -0.117. The highest BCUT2D eigenvalue weighted by Gasteiger charge is 2.13. The predicted molar refractivity (Wildman–Crippen MR) is 60.8 cm³/mol. The average molecular weight is 228 g/mol. The van der Waals surface area contributed by atoms with Gasteiger partial charge in [0, 0.05) is 6.20 Å². The van der Waals surface area contributed by atoms with Crippen molar-refractivity contribution in [2.24, 2.45) is 5.73 Å². The van der Waals surface area contributed by atoms with Crippen LogP contribution >= 0.6 is 11.6 Å². The minimum absolute atomic E-state index is 0.230. The molecule has 1 aromatic heterocycles. The van der Waals surface area contributed by atoms with E-state index in [0.717, 1.165) is 6.42 Å². The number of hydrogen-bond acceptors (Lipinski definition) is 3. The number of rotatable bonds is 4. The van der Waals surface area contributed by atoms with Gasteiger partial charge in [-0.3, -0.25) is 9.78 Å². The molecule has 0 fully saturated rings. The van der Waals surface area contributed by atoms with Gasteiger partial charge in [-0.1, -0.05) is 24.9 Å². The number of nitrogens with zero attached hydrogens (tertiary/aromatic N) is 1. The number of carbonyl (C=O) groups is 1. The lowest BCUT2D eigenvalue weighted by Gasteiger charge is -2.11. The molecule has 1 rings (SSSR count). The highest BCUT2D eigenvalue weighted by Crippen LogP contribution is 2.19. The number of pyridine rings is 1. The molecule has 0 saturated carbocycles. The molecule has 0 bridgehead atoms. The Morgan fingerprint density at radius 2 is 2.47 bits per heavy atom. The number of nitrogens with two attached hydrogens (primary N) is 1. The van der Waals surface area contributed by atoms with Crippen molar-refractivity contribution >= 4 is 23.2 Å². The molecule has 1 unspecified atom stereocenters. The van der Waals surface area contributed by atoms with E-state index < -0.39 is 6.04 Å². The molecule has 0 spiro atoms. The molecule has 3 N–H and O–H groups in total. The maximum Gasteiger partial charge on any atom is 0.241 e. The third-order valence-electron chi connectivity index (χ3n) is 1.96. The lowest BCUT2D eigenvalue weighted by atomic mass is 10.1. The van der Waals surface area contributed by atoms with E-state index in [-0.39, 0.29) is 5.91 Å². The fourth-order valence-corrected chi connectivity index (χ4v) is 1.29. The summed E-state index contributed by atoms with van der Waals surface area (Å²) in [5.41, 5.74) is 6.15. The summed E-state index contributed by atoms with van der Waals surface area (Å²) in [4.78, 5) is 15.4. The first kappa shape index (κ1) is 11.9. The lowest BCUT2D eigenvalue weighted by Crippen LogP contribution is -2.35. The molecule has 0 aromatic carbocycles. The van der Waals surface area contributed by atoms with Gasteiger partial charge in [-0.05, 0) is 12.5 Å². The van der Waals surface area contributed by atoms with Crippen molar-refractivity contribution in [2.75, 3.05) is 5.32 Å². The topological polar surface area (TPSA) is 68.0 Å². The first-order chi connectivity index (χ1) is 7.15. The number of amides is 1. The van der Waals surface area contributed by atoms with Crippen LogP contribution in [0.5, 0.6) is 0 Å². The highest BCUT2D eigenvalue weighted by atomic mass is 35.5. The number of aromatic nitrogens is 1. The summed E-state index contributed by atoms with van der Waals surface area (Å²) < 4.78 is 0. The van der Waals surface area contributed by atoms with Crippen LogP contribution in [0.3, 0.4) is 0 Å². The van der Waals surface area contributed by atoms with E-state index in [1.165, 1.54) is 6.20 Å². The third-order valence-corrected chi connectivity index (χ3v) is 2.29. The Bertz CT molecular complexity index is 343. The van der Waals surface area contributed by atoms with Crippen LogP contribution in [0.2, 0.25) is 5.02 Å². The van der Waals surface area contributed by atoms with Gasteiger partial charge in [0.25, 0.3) is 0 Å². The van der Waals surface area contributed by atoms with Crippen molar-refractivity contribution in [3.63, 3.8) is 0 Å². The van der Waals surface area contributed by atoms with Crippen LogP contribution in [0.1, 0.15) is 19.8 Å². The fourth-order valence-electron chi connectivity index (χ4n) is 1.14. The number of nitrogens with one attached hydrogen (secondary N) is 1. The van der Waals surface area contributed by atoms with Gasteiger partial charge < -0.3 is 11.1 Å². The van der Waals surface area contributed by atoms with Crippen molar-refractivity contribution in [1.82, 2.24) is 4.98 Å². The van der Waals surface area contributed by atoms with E-state index in [0.29, 0.717) is 17.1 Å². The molecule has 0 aliphatic carbocycles. The summed E-state index contributed by atoms with van der Waals surface area (Å²) >= 11 is 5.85. The number of anilines is 1. The van der Waals surface area contributed by atoms with Gasteiger partial charge in [0.05, 0.1) is 22.9 Å². The number of hydrogen-bond donors (Lipinski definition) is 2. The van der Waals surface area contributed by atoms with E-state index >= 15 is 0 Å². The molecule has 0 aliphatic heterocycles. The van der Waals surface area contributed by atoms with Crippen LogP contribution in [0, 0.1) is 0 Å². The van der Waals surface area contributed by atoms with Gasteiger partial charge >= 0.3 is 0 Å². The van der Waals surface area contributed by atoms with Crippen molar-refractivity contribution < 1.29 is 4.79 Å². The molecule has 15 heavy (non-hydrogen) atoms. The molecule has 1 heterocycles. The minimum atomic E-state index is -0.494. The number of halogens is 1. The van der Waals surface area contributed by atoms with Crippen LogP contribution in [-0.4, -0.2) is 16.9 Å². The summed E-state index contributed by atoms with van der Waals surface area (Å²) in [6.45, 7) is 1.98. The van der Waals surface area contributed by atoms with E-state index in [4.69, 9.17) is 17.3 Å². The van der Waals surface area contributed by atoms with Crippen molar-refractivity contribution in [1.29, 1.82) is 0 Å². The maximum atomic E-state index is 11.5. The number of carbonyl (C=O) groups excluding carboxylic acids is 1. The molecule has 0 saturated heterocycles. The standard InChI is InChI=1S/C10H14ClN3O/c1-2-3-8(12)10(15)14-9-6-13-5-4-7(9)11/h4-6,8H,2-3,12H2,1H3,(H,14,15). The second-order valence-electron chi connectivity index (χ2n) is 3.24. The summed E-state index contributed by atoms with van der Waals surface area (Å²) in [6, 6.07) is 1.12. The summed E-state index contributed by atoms with van der Waals surface area (Å²) in [5, 5.41) is 3.10. The van der Waals surface area contributed by atoms with Gasteiger partial charge in [-0.25, -0.2) is 0 Å². The molecule has 82 valence electrons. The van der Waals surface area contributed by atoms with Gasteiger partial charge in [-0.2, -0.15) is 0 Å². The van der Waals surface area contributed by atoms with E-state index in [9.17, 15) is 4.79 Å². The van der Waals surface area contributed by atoms with Crippen LogP contribution in [0.25, 0.3) is 0 Å². The van der Waals surface area contributed by atoms with Gasteiger partial charge in [-0.15, -0.1) is 0 Å². The second kappa shape index (κ2) is 5.68. The molecule has 0 radical (unpaired) electrons. The Morgan fingerprint density at radius 3 is 3.07 bits per heavy atom. The first-order valence-electron chi connectivity index (χ1n) is 4.81. The second-order valence-corrected chi connectivity index (χ2v) is 3.65. The summed E-state index contributed by atoms with van der Waals surface area (Å²) in [6.07, 6.45) is 4.59. The Kier molecular flexibility index (Phi) is 4.52. The van der Waals surface area contributed by atoms with Gasteiger partial charge in [0.1, 0.15) is 0 Å². The van der Waals surface area contributed by atoms with E-state index in [2.05, 4.69) is 10.3 Å². The zero-order chi connectivity index (χ0) is 11.3. The van der Waals surface area contributed by atoms with Crippen LogP contribution in [-0.2, 0) is 4.79 Å². The quantitative estimate of drug-likeness (QED) is 0.824. The van der Waals surface area contributed by atoms with Crippen LogP contribution in [0.4, 0.5) is 5.69 Å². The van der Waals surface area contributed by atoms with Crippen LogP contribution < -0.4 is 11.1 Å². The predicted octanol–water partition coefficient (Wildman–Crippen LogP) is 1.80. The molecule has 5 heteroatoms. The van der Waals surface area contributed by atoms with Crippen LogP contribution in [0.15, 0.2) is 18.5 Å². The van der Waals surface area contributed by atoms with Crippen molar-refractivity contribution in [2.45, 2.75) is 25.8 Å². The SMILES string of the molecule is CCCC(N)C(=O)Nc1cnccc1Cl. The zero-order valence-electron chi connectivity index (χ0n) is 8.53. The monoisotopic (exact) mass is 227 g/mol. The summed E-state index contributed by atoms with van der Waals surface area (Å²) in [5.74, 6) is -0.230. The Morgan fingerprint density at radius 1 is 1.73 bits per heavy atom. The average Bonchev–Trinajstić information content (AvgIpc) is 2.21. The Hall–Kier alpha value is -1.13. The molecule has 1 aromatic rings. The molecule has 1 amide bonds. The Balaban J connectivity index is 2.62. The van der Waals surface area contributed by atoms with E-state index in [1.807, 2.05) is 6.92 Å². The first-order valence-corrected chi connectivity index (χ1v) is 5.19. The van der Waals surface area contributed by atoms with E-state index in [1.54, 1.807) is 12.3 Å². The van der Waals surface area contributed by atoms with Crippen molar-refractivity contribution in [3.8, 4) is 0 Å². The maximum absolute atomic E-state index is 11.5. The third kappa shape index (κ3) is 3.49. The summed E-state index contributed by atoms with van der Waals surface area (Å²) in [7, 11) is 0. The van der Waals surface area contributed by atoms with Gasteiger partial charge in [0.2, 0.25) is 5.91 Å². The molecule has 4 nitrogen and oxygen atoms in total. The highest BCUT2D eigenvalue weighted by molar-refractivity contribution is 6.33. The zero-order valence-corrected chi connectivity index (χ0v) is 9.29. The van der Waals surface area contributed by atoms with Gasteiger partial charge in [0.15, 0.2) is 0 Å². The molecular formula is C10H14ClN3O. The molecular weight excluding hydrogens is 214 g/mol. The normalized spacial score (nSPS) is 12.2. The van der Waals surface area contributed by atoms with Crippen molar-refractivity contribution in [3.05, 3.63) is 23.5 Å². The Labute approximate surface area is 93.8 Å². The minimum Gasteiger partial charge on any atom is -0.322 e. The largest absolute Gasteiger partial charge is 0.322 e. The fraction of sp³-hybridized carbons (Fsp3) is 0.400. The molecule has 0 aliphatic rings.